The van der Waals surface area contributed by atoms with Gasteiger partial charge < -0.3 is 15.5 Å². The molecule has 1 aromatic heterocycles. The van der Waals surface area contributed by atoms with Crippen LogP contribution in [-0.4, -0.2) is 48.0 Å². The molecule has 0 aliphatic carbocycles. The van der Waals surface area contributed by atoms with E-state index in [1.165, 1.54) is 0 Å². The van der Waals surface area contributed by atoms with Gasteiger partial charge in [0.1, 0.15) is 5.82 Å². The number of pyridine rings is 1. The summed E-state index contributed by atoms with van der Waals surface area (Å²) in [5, 5.41) is 0.632. The number of nitrogens with zero attached hydrogens (tertiary/aromatic N) is 3. The van der Waals surface area contributed by atoms with Gasteiger partial charge in [0, 0.05) is 32.4 Å². The van der Waals surface area contributed by atoms with Crippen LogP contribution in [0.25, 0.3) is 0 Å². The van der Waals surface area contributed by atoms with Gasteiger partial charge in [-0.1, -0.05) is 25.4 Å². The van der Waals surface area contributed by atoms with Crippen LogP contribution < -0.4 is 10.6 Å². The van der Waals surface area contributed by atoms with Crippen molar-refractivity contribution in [1.82, 2.24) is 9.88 Å². The summed E-state index contributed by atoms with van der Waals surface area (Å²) in [6, 6.07) is 3.36. The highest BCUT2D eigenvalue weighted by Crippen LogP contribution is 2.16. The molecular formula is C15H23ClN4O. The number of carbonyl (C=O) groups is 1. The molecule has 0 radical (unpaired) electrons. The van der Waals surface area contributed by atoms with Crippen molar-refractivity contribution in [1.29, 1.82) is 0 Å². The fraction of sp³-hybridized carbons (Fsp3) is 0.600. The standard InChI is InChI=1S/C15H23ClN4O/c1-11(2)9-13(17)15(21)20-7-5-19(6-8-20)14-4-3-12(16)10-18-14/h3-4,10-11,13H,5-9,17H2,1-2H3/t13-/m0/s1. The molecule has 1 fully saturated rings. The molecule has 0 unspecified atom stereocenters. The molecule has 0 aromatic carbocycles. The molecular weight excluding hydrogens is 288 g/mol. The summed E-state index contributed by atoms with van der Waals surface area (Å²) < 4.78 is 0. The van der Waals surface area contributed by atoms with Gasteiger partial charge in [-0.15, -0.1) is 0 Å². The van der Waals surface area contributed by atoms with Crippen LogP contribution in [0.2, 0.25) is 5.02 Å². The zero-order valence-electron chi connectivity index (χ0n) is 12.6. The molecule has 2 rings (SSSR count). The van der Waals surface area contributed by atoms with Gasteiger partial charge in [-0.3, -0.25) is 4.79 Å². The van der Waals surface area contributed by atoms with E-state index in [9.17, 15) is 4.79 Å². The van der Waals surface area contributed by atoms with Crippen molar-refractivity contribution in [3.05, 3.63) is 23.4 Å². The predicted molar refractivity (Wildman–Crippen MR) is 85.5 cm³/mol. The highest BCUT2D eigenvalue weighted by molar-refractivity contribution is 6.30. The molecule has 1 aliphatic heterocycles. The topological polar surface area (TPSA) is 62.5 Å². The Kier molecular flexibility index (Phi) is 5.42. The number of piperazine rings is 1. The first-order valence-corrected chi connectivity index (χ1v) is 7.76. The molecule has 6 heteroatoms. The Morgan fingerprint density at radius 1 is 1.33 bits per heavy atom. The molecule has 1 aromatic rings. The fourth-order valence-corrected chi connectivity index (χ4v) is 2.67. The first-order chi connectivity index (χ1) is 9.97. The number of rotatable bonds is 4. The van der Waals surface area contributed by atoms with Crippen molar-refractivity contribution in [3.8, 4) is 0 Å². The molecule has 116 valence electrons. The van der Waals surface area contributed by atoms with Crippen molar-refractivity contribution in [3.63, 3.8) is 0 Å². The quantitative estimate of drug-likeness (QED) is 0.920. The summed E-state index contributed by atoms with van der Waals surface area (Å²) in [6.07, 6.45) is 2.38. The third-order valence-corrected chi connectivity index (χ3v) is 3.89. The Morgan fingerprint density at radius 3 is 2.52 bits per heavy atom. The van der Waals surface area contributed by atoms with E-state index in [-0.39, 0.29) is 11.9 Å². The average molecular weight is 311 g/mol. The van der Waals surface area contributed by atoms with Gasteiger partial charge in [0.25, 0.3) is 0 Å². The van der Waals surface area contributed by atoms with Gasteiger partial charge in [0.05, 0.1) is 11.1 Å². The molecule has 21 heavy (non-hydrogen) atoms. The Hall–Kier alpha value is -1.33. The predicted octanol–water partition coefficient (Wildman–Crippen LogP) is 1.76. The summed E-state index contributed by atoms with van der Waals surface area (Å²) >= 11 is 5.84. The largest absolute Gasteiger partial charge is 0.353 e. The monoisotopic (exact) mass is 310 g/mol. The molecule has 1 amide bonds. The van der Waals surface area contributed by atoms with Gasteiger partial charge in [-0.2, -0.15) is 0 Å². The number of nitrogens with two attached hydrogens (primary N) is 1. The summed E-state index contributed by atoms with van der Waals surface area (Å²) in [5.41, 5.74) is 5.98. The minimum absolute atomic E-state index is 0.0624. The van der Waals surface area contributed by atoms with Gasteiger partial charge in [0.15, 0.2) is 0 Å². The van der Waals surface area contributed by atoms with E-state index in [4.69, 9.17) is 17.3 Å². The number of aromatic nitrogens is 1. The van der Waals surface area contributed by atoms with Crippen molar-refractivity contribution >= 4 is 23.3 Å². The van der Waals surface area contributed by atoms with E-state index >= 15 is 0 Å². The number of halogens is 1. The van der Waals surface area contributed by atoms with Gasteiger partial charge in [-0.25, -0.2) is 4.98 Å². The lowest BCUT2D eigenvalue weighted by atomic mass is 10.0. The smallest absolute Gasteiger partial charge is 0.239 e. The first-order valence-electron chi connectivity index (χ1n) is 7.38. The average Bonchev–Trinajstić information content (AvgIpc) is 2.47. The number of hydrogen-bond acceptors (Lipinski definition) is 4. The summed E-state index contributed by atoms with van der Waals surface area (Å²) in [4.78, 5) is 20.6. The molecule has 1 aliphatic rings. The summed E-state index contributed by atoms with van der Waals surface area (Å²) in [7, 11) is 0. The highest BCUT2D eigenvalue weighted by Gasteiger charge is 2.26. The Bertz CT molecular complexity index is 469. The van der Waals surface area contributed by atoms with E-state index in [0.29, 0.717) is 24.0 Å². The van der Waals surface area contributed by atoms with E-state index in [2.05, 4.69) is 23.7 Å². The maximum atomic E-state index is 12.3. The minimum atomic E-state index is -0.384. The number of amides is 1. The van der Waals surface area contributed by atoms with Crippen molar-refractivity contribution in [2.24, 2.45) is 11.7 Å². The number of hydrogen-bond donors (Lipinski definition) is 1. The SMILES string of the molecule is CC(C)C[C@H](N)C(=O)N1CCN(c2ccc(Cl)cn2)CC1. The lowest BCUT2D eigenvalue weighted by Gasteiger charge is -2.36. The summed E-state index contributed by atoms with van der Waals surface area (Å²) in [5.74, 6) is 1.40. The molecule has 0 saturated carbocycles. The third-order valence-electron chi connectivity index (χ3n) is 3.67. The van der Waals surface area contributed by atoms with Crippen LogP contribution in [0.15, 0.2) is 18.3 Å². The number of anilines is 1. The van der Waals surface area contributed by atoms with Gasteiger partial charge in [-0.05, 0) is 24.5 Å². The molecule has 0 bridgehead atoms. The van der Waals surface area contributed by atoms with Crippen molar-refractivity contribution < 1.29 is 4.79 Å². The second-order valence-corrected chi connectivity index (χ2v) is 6.32. The van der Waals surface area contributed by atoms with Crippen LogP contribution in [0.4, 0.5) is 5.82 Å². The summed E-state index contributed by atoms with van der Waals surface area (Å²) in [6.45, 7) is 7.09. The van der Waals surface area contributed by atoms with Crippen molar-refractivity contribution in [2.45, 2.75) is 26.3 Å². The molecule has 1 atom stereocenters. The Balaban J connectivity index is 1.88. The molecule has 5 nitrogen and oxygen atoms in total. The van der Waals surface area contributed by atoms with Crippen LogP contribution in [-0.2, 0) is 4.79 Å². The Labute approximate surface area is 131 Å². The van der Waals surface area contributed by atoms with Gasteiger partial charge >= 0.3 is 0 Å². The lowest BCUT2D eigenvalue weighted by Crippen LogP contribution is -2.53. The van der Waals surface area contributed by atoms with E-state index in [1.807, 2.05) is 17.0 Å². The van der Waals surface area contributed by atoms with Crippen LogP contribution in [0.5, 0.6) is 0 Å². The van der Waals surface area contributed by atoms with Crippen LogP contribution in [0, 0.1) is 5.92 Å². The Morgan fingerprint density at radius 2 is 2.00 bits per heavy atom. The van der Waals surface area contributed by atoms with Crippen LogP contribution in [0.1, 0.15) is 20.3 Å². The lowest BCUT2D eigenvalue weighted by molar-refractivity contribution is -0.133. The zero-order valence-corrected chi connectivity index (χ0v) is 13.4. The van der Waals surface area contributed by atoms with Crippen molar-refractivity contribution in [2.75, 3.05) is 31.1 Å². The zero-order chi connectivity index (χ0) is 15.4. The maximum Gasteiger partial charge on any atom is 0.239 e. The van der Waals surface area contributed by atoms with E-state index < -0.39 is 0 Å². The molecule has 1 saturated heterocycles. The third kappa shape index (κ3) is 4.32. The highest BCUT2D eigenvalue weighted by atomic mass is 35.5. The molecule has 0 spiro atoms. The van der Waals surface area contributed by atoms with E-state index in [1.54, 1.807) is 6.20 Å². The molecule has 2 heterocycles. The van der Waals surface area contributed by atoms with E-state index in [0.717, 1.165) is 25.3 Å². The fourth-order valence-electron chi connectivity index (χ4n) is 2.55. The molecule has 2 N–H and O–H groups in total. The second kappa shape index (κ2) is 7.09. The minimum Gasteiger partial charge on any atom is -0.353 e. The second-order valence-electron chi connectivity index (χ2n) is 5.88. The van der Waals surface area contributed by atoms with Crippen LogP contribution >= 0.6 is 11.6 Å². The van der Waals surface area contributed by atoms with Gasteiger partial charge in [0.2, 0.25) is 5.91 Å². The maximum absolute atomic E-state index is 12.3. The first kappa shape index (κ1) is 16.0. The number of carbonyl (C=O) groups excluding carboxylic acids is 1. The van der Waals surface area contributed by atoms with Crippen LogP contribution in [0.3, 0.4) is 0 Å². The normalized spacial score (nSPS) is 17.2.